The van der Waals surface area contributed by atoms with Crippen molar-refractivity contribution in [1.29, 1.82) is 0 Å². The van der Waals surface area contributed by atoms with E-state index < -0.39 is 0 Å². The predicted octanol–water partition coefficient (Wildman–Crippen LogP) is -0.550. The van der Waals surface area contributed by atoms with E-state index in [-0.39, 0.29) is 0 Å². The summed E-state index contributed by atoms with van der Waals surface area (Å²) in [5.74, 6) is 6.97. The summed E-state index contributed by atoms with van der Waals surface area (Å²) in [6, 6.07) is 0. The van der Waals surface area contributed by atoms with Crippen molar-refractivity contribution in [2.45, 2.75) is 6.42 Å². The Balaban J connectivity index is 2.27. The molecule has 1 saturated heterocycles. The van der Waals surface area contributed by atoms with Gasteiger partial charge in [0.05, 0.1) is 6.61 Å². The number of nitrogen functional groups attached to an aromatic ring is 1. The van der Waals surface area contributed by atoms with E-state index >= 15 is 0 Å². The first kappa shape index (κ1) is 12.8. The molecule has 0 saturated carbocycles. The molecular formula is C10H19N7O. The number of hydrogen-bond acceptors (Lipinski definition) is 8. The van der Waals surface area contributed by atoms with Crippen LogP contribution in [0, 0.1) is 0 Å². The maximum absolute atomic E-state index is 5.42. The molecule has 8 heteroatoms. The highest BCUT2D eigenvalue weighted by molar-refractivity contribution is 5.44. The van der Waals surface area contributed by atoms with Crippen molar-refractivity contribution in [3.05, 3.63) is 0 Å². The monoisotopic (exact) mass is 253 g/mol. The van der Waals surface area contributed by atoms with Gasteiger partial charge in [-0.25, -0.2) is 5.84 Å². The predicted molar refractivity (Wildman–Crippen MR) is 69.6 cm³/mol. The third-order valence-electron chi connectivity index (χ3n) is 2.65. The number of rotatable bonds is 3. The summed E-state index contributed by atoms with van der Waals surface area (Å²) in [4.78, 5) is 16.8. The zero-order chi connectivity index (χ0) is 13.0. The van der Waals surface area contributed by atoms with Crippen LogP contribution >= 0.6 is 0 Å². The highest BCUT2D eigenvalue weighted by Crippen LogP contribution is 2.15. The zero-order valence-electron chi connectivity index (χ0n) is 10.8. The van der Waals surface area contributed by atoms with Gasteiger partial charge in [0.2, 0.25) is 17.8 Å². The fourth-order valence-corrected chi connectivity index (χ4v) is 1.71. The SMILES string of the molecule is CN(C)c1nc(NN)nc(N2CCCOCC2)n1. The Morgan fingerprint density at radius 3 is 2.78 bits per heavy atom. The van der Waals surface area contributed by atoms with E-state index in [1.54, 1.807) is 0 Å². The fourth-order valence-electron chi connectivity index (χ4n) is 1.71. The number of ether oxygens (including phenoxy) is 1. The van der Waals surface area contributed by atoms with E-state index in [0.717, 1.165) is 26.1 Å². The Labute approximate surface area is 106 Å². The van der Waals surface area contributed by atoms with Gasteiger partial charge in [0.15, 0.2) is 0 Å². The summed E-state index contributed by atoms with van der Waals surface area (Å²) in [5, 5.41) is 0. The maximum atomic E-state index is 5.42. The molecule has 0 amide bonds. The standard InChI is InChI=1S/C10H19N7O/c1-16(2)9-12-8(15-11)13-10(14-9)17-4-3-6-18-7-5-17/h3-7,11H2,1-2H3,(H,12,13,14,15). The Hall–Kier alpha value is -1.67. The third-order valence-corrected chi connectivity index (χ3v) is 2.65. The van der Waals surface area contributed by atoms with Gasteiger partial charge in [-0.05, 0) is 6.42 Å². The van der Waals surface area contributed by atoms with Crippen LogP contribution in [0.25, 0.3) is 0 Å². The van der Waals surface area contributed by atoms with Gasteiger partial charge in [-0.1, -0.05) is 0 Å². The summed E-state index contributed by atoms with van der Waals surface area (Å²) in [5.41, 5.74) is 2.47. The van der Waals surface area contributed by atoms with Crippen molar-refractivity contribution in [3.63, 3.8) is 0 Å². The minimum atomic E-state index is 0.369. The second-order valence-corrected chi connectivity index (χ2v) is 4.25. The van der Waals surface area contributed by atoms with Crippen LogP contribution in [0.4, 0.5) is 17.8 Å². The topological polar surface area (TPSA) is 92.4 Å². The second kappa shape index (κ2) is 5.78. The Kier molecular flexibility index (Phi) is 4.11. The smallest absolute Gasteiger partial charge is 0.243 e. The number of nitrogens with one attached hydrogen (secondary N) is 1. The average Bonchev–Trinajstić information content (AvgIpc) is 2.67. The van der Waals surface area contributed by atoms with E-state index in [1.807, 2.05) is 19.0 Å². The van der Waals surface area contributed by atoms with Crippen molar-refractivity contribution in [1.82, 2.24) is 15.0 Å². The van der Waals surface area contributed by atoms with Gasteiger partial charge in [0.1, 0.15) is 0 Å². The summed E-state index contributed by atoms with van der Waals surface area (Å²) >= 11 is 0. The van der Waals surface area contributed by atoms with Crippen molar-refractivity contribution in [2.24, 2.45) is 5.84 Å². The molecule has 0 aliphatic carbocycles. The quantitative estimate of drug-likeness (QED) is 0.547. The summed E-state index contributed by atoms with van der Waals surface area (Å²) in [6.45, 7) is 3.13. The Morgan fingerprint density at radius 2 is 2.06 bits per heavy atom. The lowest BCUT2D eigenvalue weighted by Gasteiger charge is -2.21. The molecule has 2 heterocycles. The van der Waals surface area contributed by atoms with Gasteiger partial charge in [0, 0.05) is 33.8 Å². The second-order valence-electron chi connectivity index (χ2n) is 4.25. The molecule has 8 nitrogen and oxygen atoms in total. The summed E-state index contributed by atoms with van der Waals surface area (Å²) in [6.07, 6.45) is 0.967. The molecule has 0 atom stereocenters. The van der Waals surface area contributed by atoms with Crippen LogP contribution in [0.3, 0.4) is 0 Å². The molecule has 0 aromatic carbocycles. The first-order chi connectivity index (χ1) is 8.70. The van der Waals surface area contributed by atoms with E-state index in [4.69, 9.17) is 10.6 Å². The Bertz CT molecular complexity index is 390. The van der Waals surface area contributed by atoms with Crippen molar-refractivity contribution >= 4 is 17.8 Å². The molecule has 0 spiro atoms. The number of nitrogens with zero attached hydrogens (tertiary/aromatic N) is 5. The van der Waals surface area contributed by atoms with E-state index in [1.165, 1.54) is 0 Å². The van der Waals surface area contributed by atoms with Crippen LogP contribution < -0.4 is 21.1 Å². The first-order valence-electron chi connectivity index (χ1n) is 5.93. The molecular weight excluding hydrogens is 234 g/mol. The number of hydrazine groups is 1. The Morgan fingerprint density at radius 1 is 1.22 bits per heavy atom. The number of anilines is 3. The molecule has 0 radical (unpaired) electrons. The summed E-state index contributed by atoms with van der Waals surface area (Å²) < 4.78 is 5.42. The van der Waals surface area contributed by atoms with Crippen LogP contribution in [-0.2, 0) is 4.74 Å². The van der Waals surface area contributed by atoms with Crippen LogP contribution in [0.5, 0.6) is 0 Å². The van der Waals surface area contributed by atoms with Crippen molar-refractivity contribution < 1.29 is 4.74 Å². The number of nitrogens with two attached hydrogens (primary N) is 1. The summed E-state index contributed by atoms with van der Waals surface area (Å²) in [7, 11) is 3.76. The highest BCUT2D eigenvalue weighted by atomic mass is 16.5. The van der Waals surface area contributed by atoms with Crippen LogP contribution in [-0.4, -0.2) is 55.4 Å². The van der Waals surface area contributed by atoms with E-state index in [2.05, 4.69) is 25.3 Å². The van der Waals surface area contributed by atoms with Gasteiger partial charge < -0.3 is 14.5 Å². The largest absolute Gasteiger partial charge is 0.380 e. The number of aromatic nitrogens is 3. The minimum Gasteiger partial charge on any atom is -0.380 e. The van der Waals surface area contributed by atoms with Gasteiger partial charge in [-0.15, -0.1) is 0 Å². The fraction of sp³-hybridized carbons (Fsp3) is 0.700. The molecule has 1 fully saturated rings. The zero-order valence-corrected chi connectivity index (χ0v) is 10.8. The molecule has 1 aliphatic heterocycles. The lowest BCUT2D eigenvalue weighted by Crippen LogP contribution is -2.29. The van der Waals surface area contributed by atoms with E-state index in [9.17, 15) is 0 Å². The first-order valence-corrected chi connectivity index (χ1v) is 5.93. The lowest BCUT2D eigenvalue weighted by molar-refractivity contribution is 0.152. The van der Waals surface area contributed by atoms with Gasteiger partial charge in [-0.3, -0.25) is 5.43 Å². The molecule has 100 valence electrons. The van der Waals surface area contributed by atoms with Gasteiger partial charge in [-0.2, -0.15) is 15.0 Å². The molecule has 0 unspecified atom stereocenters. The van der Waals surface area contributed by atoms with Crippen molar-refractivity contribution in [2.75, 3.05) is 55.6 Å². The molecule has 18 heavy (non-hydrogen) atoms. The molecule has 0 bridgehead atoms. The molecule has 1 aromatic rings. The van der Waals surface area contributed by atoms with Crippen LogP contribution in [0.15, 0.2) is 0 Å². The van der Waals surface area contributed by atoms with Crippen LogP contribution in [0.2, 0.25) is 0 Å². The van der Waals surface area contributed by atoms with Crippen molar-refractivity contribution in [3.8, 4) is 0 Å². The van der Waals surface area contributed by atoms with Gasteiger partial charge in [0.25, 0.3) is 0 Å². The average molecular weight is 253 g/mol. The number of hydrogen-bond donors (Lipinski definition) is 2. The highest BCUT2D eigenvalue weighted by Gasteiger charge is 2.15. The third kappa shape index (κ3) is 2.96. The van der Waals surface area contributed by atoms with E-state index in [0.29, 0.717) is 24.5 Å². The van der Waals surface area contributed by atoms with Crippen LogP contribution in [0.1, 0.15) is 6.42 Å². The normalized spacial score (nSPS) is 16.3. The lowest BCUT2D eigenvalue weighted by atomic mass is 10.4. The molecule has 2 rings (SSSR count). The molecule has 1 aliphatic rings. The molecule has 3 N–H and O–H groups in total. The van der Waals surface area contributed by atoms with Gasteiger partial charge >= 0.3 is 0 Å². The maximum Gasteiger partial charge on any atom is 0.243 e. The minimum absolute atomic E-state index is 0.369. The molecule has 1 aromatic heterocycles.